The summed E-state index contributed by atoms with van der Waals surface area (Å²) in [7, 11) is 0. The first-order valence-corrected chi connectivity index (χ1v) is 10.6. The number of fused-ring (bicyclic) bond motifs is 2. The predicted molar refractivity (Wildman–Crippen MR) is 105 cm³/mol. The summed E-state index contributed by atoms with van der Waals surface area (Å²) >= 11 is 0. The molecule has 0 aromatic carbocycles. The molecule has 0 radical (unpaired) electrons. The summed E-state index contributed by atoms with van der Waals surface area (Å²) in [6, 6.07) is 0. The number of epoxide rings is 1. The van der Waals surface area contributed by atoms with E-state index in [0.29, 0.717) is 19.4 Å². The summed E-state index contributed by atoms with van der Waals surface area (Å²) in [5.41, 5.74) is 0.0402. The van der Waals surface area contributed by atoms with Gasteiger partial charge in [0.05, 0.1) is 18.8 Å². The van der Waals surface area contributed by atoms with Gasteiger partial charge in [-0.3, -0.25) is 14.4 Å². The summed E-state index contributed by atoms with van der Waals surface area (Å²) < 4.78 is 28.2. The molecule has 8 nitrogen and oxygen atoms in total. The van der Waals surface area contributed by atoms with E-state index in [2.05, 4.69) is 0 Å². The summed E-state index contributed by atoms with van der Waals surface area (Å²) in [5, 5.41) is 0. The van der Waals surface area contributed by atoms with Crippen LogP contribution in [0.5, 0.6) is 0 Å². The highest BCUT2D eigenvalue weighted by Gasteiger charge is 2.70. The van der Waals surface area contributed by atoms with Crippen LogP contribution in [0.4, 0.5) is 0 Å². The van der Waals surface area contributed by atoms with Gasteiger partial charge in [-0.25, -0.2) is 0 Å². The Kier molecular flexibility index (Phi) is 6.75. The van der Waals surface area contributed by atoms with E-state index in [-0.39, 0.29) is 48.6 Å². The van der Waals surface area contributed by atoms with Crippen LogP contribution >= 0.6 is 0 Å². The third kappa shape index (κ3) is 4.96. The van der Waals surface area contributed by atoms with E-state index in [0.717, 1.165) is 5.57 Å². The minimum absolute atomic E-state index is 0.0856. The van der Waals surface area contributed by atoms with Crippen LogP contribution < -0.4 is 0 Å². The zero-order chi connectivity index (χ0) is 22.1. The quantitative estimate of drug-likeness (QED) is 0.333. The summed E-state index contributed by atoms with van der Waals surface area (Å²) in [6.45, 7) is 9.62. The second kappa shape index (κ2) is 8.96. The first-order chi connectivity index (χ1) is 14.1. The molecule has 3 rings (SSSR count). The number of carbonyl (C=O) groups excluding carboxylic acids is 3. The Balaban J connectivity index is 1.77. The molecule has 0 N–H and O–H groups in total. The maximum Gasteiger partial charge on any atom is 0.309 e. The zero-order valence-electron chi connectivity index (χ0n) is 18.3. The van der Waals surface area contributed by atoms with Gasteiger partial charge in [0.25, 0.3) is 0 Å². The highest BCUT2D eigenvalue weighted by atomic mass is 16.7. The fourth-order valence-electron chi connectivity index (χ4n) is 4.38. The fraction of sp³-hybridized carbons (Fsp3) is 0.773. The number of esters is 3. The third-order valence-electron chi connectivity index (χ3n) is 5.72. The molecular weight excluding hydrogens is 392 g/mol. The van der Waals surface area contributed by atoms with E-state index in [9.17, 15) is 14.4 Å². The van der Waals surface area contributed by atoms with Crippen molar-refractivity contribution in [2.24, 2.45) is 23.7 Å². The average molecular weight is 424 g/mol. The second-order valence-corrected chi connectivity index (χ2v) is 9.25. The minimum Gasteiger partial charge on any atom is -0.462 e. The molecule has 5 atom stereocenters. The molecule has 2 heterocycles. The molecular formula is C22H32O8. The molecule has 2 fully saturated rings. The SMILES string of the molecule is CC(=O)OC1CC2C(COC(=O)CC(C)C)=CO[C@H](OC(=O)CC(C)C)C2C12CO2. The van der Waals surface area contributed by atoms with Gasteiger partial charge in [0.15, 0.2) is 0 Å². The lowest BCUT2D eigenvalue weighted by Gasteiger charge is -2.35. The number of ether oxygens (including phenoxy) is 5. The first-order valence-electron chi connectivity index (χ1n) is 10.6. The van der Waals surface area contributed by atoms with Crippen molar-refractivity contribution in [3.05, 3.63) is 11.8 Å². The van der Waals surface area contributed by atoms with Crippen molar-refractivity contribution in [3.63, 3.8) is 0 Å². The van der Waals surface area contributed by atoms with Crippen molar-refractivity contribution in [1.82, 2.24) is 0 Å². The standard InChI is InChI=1S/C22H32O8/c1-12(2)6-18(24)26-9-15-10-27-21(30-19(25)7-13(3)4)20-16(15)8-17(29-14(5)23)22(20)11-28-22/h10,12-13,16-17,20-21H,6-9,11H2,1-5H3/t16?,17?,20?,21-,22?/m1/s1. The van der Waals surface area contributed by atoms with Crippen molar-refractivity contribution >= 4 is 17.9 Å². The van der Waals surface area contributed by atoms with Crippen LogP contribution in [0.1, 0.15) is 53.9 Å². The molecule has 1 saturated heterocycles. The number of carbonyl (C=O) groups is 3. The van der Waals surface area contributed by atoms with Gasteiger partial charge < -0.3 is 23.7 Å². The second-order valence-electron chi connectivity index (χ2n) is 9.25. The van der Waals surface area contributed by atoms with Crippen LogP contribution in [0, 0.1) is 23.7 Å². The van der Waals surface area contributed by atoms with Gasteiger partial charge in [-0.1, -0.05) is 27.7 Å². The lowest BCUT2D eigenvalue weighted by atomic mass is 9.83. The van der Waals surface area contributed by atoms with Crippen LogP contribution in [0.3, 0.4) is 0 Å². The topological polar surface area (TPSA) is 101 Å². The molecule has 0 amide bonds. The Hall–Kier alpha value is -2.09. The molecule has 1 spiro atoms. The van der Waals surface area contributed by atoms with Gasteiger partial charge in [-0.15, -0.1) is 0 Å². The van der Waals surface area contributed by atoms with E-state index in [1.807, 2.05) is 27.7 Å². The van der Waals surface area contributed by atoms with Crippen LogP contribution in [-0.2, 0) is 38.1 Å². The Morgan fingerprint density at radius 3 is 2.30 bits per heavy atom. The van der Waals surface area contributed by atoms with Gasteiger partial charge in [0, 0.05) is 31.3 Å². The van der Waals surface area contributed by atoms with E-state index in [1.54, 1.807) is 0 Å². The minimum atomic E-state index is -0.834. The van der Waals surface area contributed by atoms with Crippen molar-refractivity contribution in [2.75, 3.05) is 13.2 Å². The zero-order valence-corrected chi connectivity index (χ0v) is 18.3. The maximum absolute atomic E-state index is 12.3. The largest absolute Gasteiger partial charge is 0.462 e. The summed E-state index contributed by atoms with van der Waals surface area (Å²) in [5.74, 6) is -1.13. The predicted octanol–water partition coefficient (Wildman–Crippen LogP) is 2.74. The molecule has 1 aliphatic carbocycles. The van der Waals surface area contributed by atoms with Crippen molar-refractivity contribution in [2.45, 2.75) is 71.9 Å². The van der Waals surface area contributed by atoms with Gasteiger partial charge in [-0.05, 0) is 18.3 Å². The Bertz CT molecular complexity index is 706. The Morgan fingerprint density at radius 1 is 1.10 bits per heavy atom. The smallest absolute Gasteiger partial charge is 0.309 e. The van der Waals surface area contributed by atoms with Crippen molar-refractivity contribution < 1.29 is 38.1 Å². The van der Waals surface area contributed by atoms with Crippen LogP contribution in [-0.4, -0.2) is 49.1 Å². The monoisotopic (exact) mass is 424 g/mol. The van der Waals surface area contributed by atoms with E-state index in [1.165, 1.54) is 13.2 Å². The third-order valence-corrected chi connectivity index (χ3v) is 5.72. The molecule has 30 heavy (non-hydrogen) atoms. The first kappa shape index (κ1) is 22.6. The molecule has 168 valence electrons. The number of rotatable bonds is 8. The van der Waals surface area contributed by atoms with E-state index >= 15 is 0 Å². The van der Waals surface area contributed by atoms with E-state index in [4.69, 9.17) is 23.7 Å². The van der Waals surface area contributed by atoms with Crippen molar-refractivity contribution in [1.29, 1.82) is 0 Å². The number of hydrogen-bond donors (Lipinski definition) is 0. The molecule has 8 heteroatoms. The van der Waals surface area contributed by atoms with Gasteiger partial charge in [-0.2, -0.15) is 0 Å². The normalized spacial score (nSPS) is 31.8. The molecule has 0 bridgehead atoms. The molecule has 3 aliphatic rings. The maximum atomic E-state index is 12.3. The van der Waals surface area contributed by atoms with Gasteiger partial charge in [0.1, 0.15) is 18.3 Å². The molecule has 0 aromatic rings. The van der Waals surface area contributed by atoms with Crippen LogP contribution in [0.2, 0.25) is 0 Å². The van der Waals surface area contributed by atoms with Crippen LogP contribution in [0.25, 0.3) is 0 Å². The van der Waals surface area contributed by atoms with Crippen molar-refractivity contribution in [3.8, 4) is 0 Å². The average Bonchev–Trinajstić information content (AvgIpc) is 3.33. The van der Waals surface area contributed by atoms with Gasteiger partial charge >= 0.3 is 17.9 Å². The fourth-order valence-corrected chi connectivity index (χ4v) is 4.38. The Labute approximate surface area is 177 Å². The van der Waals surface area contributed by atoms with E-state index < -0.39 is 24.0 Å². The molecule has 1 saturated carbocycles. The molecule has 4 unspecified atom stereocenters. The summed E-state index contributed by atoms with van der Waals surface area (Å²) in [6.07, 6.45) is 1.33. The van der Waals surface area contributed by atoms with Crippen LogP contribution in [0.15, 0.2) is 11.8 Å². The lowest BCUT2D eigenvalue weighted by Crippen LogP contribution is -2.45. The highest BCUT2D eigenvalue weighted by Crippen LogP contribution is 2.57. The Morgan fingerprint density at radius 2 is 1.73 bits per heavy atom. The highest BCUT2D eigenvalue weighted by molar-refractivity contribution is 5.70. The molecule has 0 aromatic heterocycles. The molecule has 2 aliphatic heterocycles. The number of hydrogen-bond acceptors (Lipinski definition) is 8. The summed E-state index contributed by atoms with van der Waals surface area (Å²) in [4.78, 5) is 35.9. The lowest BCUT2D eigenvalue weighted by molar-refractivity contribution is -0.192. The van der Waals surface area contributed by atoms with Gasteiger partial charge in [0.2, 0.25) is 6.29 Å².